The smallest absolute Gasteiger partial charge is 0.260 e. The van der Waals surface area contributed by atoms with Gasteiger partial charge in [-0.15, -0.1) is 0 Å². The Hall–Kier alpha value is -2.73. The van der Waals surface area contributed by atoms with Gasteiger partial charge in [0.15, 0.2) is 0 Å². The quantitative estimate of drug-likeness (QED) is 0.798. The number of anilines is 1. The van der Waals surface area contributed by atoms with E-state index in [0.29, 0.717) is 17.8 Å². The molecule has 6 nitrogen and oxygen atoms in total. The summed E-state index contributed by atoms with van der Waals surface area (Å²) in [4.78, 5) is 34.4. The Morgan fingerprint density at radius 3 is 2.57 bits per heavy atom. The van der Waals surface area contributed by atoms with E-state index in [1.165, 1.54) is 25.7 Å². The van der Waals surface area contributed by atoms with Crippen LogP contribution >= 0.6 is 0 Å². The van der Waals surface area contributed by atoms with Gasteiger partial charge in [-0.05, 0) is 57.1 Å². The van der Waals surface area contributed by atoms with Crippen molar-refractivity contribution in [2.24, 2.45) is 0 Å². The molecule has 158 valence electrons. The van der Waals surface area contributed by atoms with Crippen LogP contribution in [0.4, 0.5) is 5.69 Å². The predicted octanol–water partition coefficient (Wildman–Crippen LogP) is 3.47. The Morgan fingerprint density at radius 2 is 1.83 bits per heavy atom. The summed E-state index contributed by atoms with van der Waals surface area (Å²) < 4.78 is 0. The van der Waals surface area contributed by atoms with Crippen molar-refractivity contribution in [2.45, 2.75) is 45.1 Å². The molecule has 0 radical (unpaired) electrons. The number of pyridine rings is 1. The fraction of sp³-hybridized carbons (Fsp3) is 0.458. The Morgan fingerprint density at radius 1 is 1.10 bits per heavy atom. The molecule has 6 heteroatoms. The Labute approximate surface area is 178 Å². The number of fused-ring (bicyclic) bond motifs is 1. The van der Waals surface area contributed by atoms with Gasteiger partial charge in [-0.3, -0.25) is 19.5 Å². The van der Waals surface area contributed by atoms with Gasteiger partial charge < -0.3 is 10.2 Å². The normalized spacial score (nSPS) is 19.4. The highest BCUT2D eigenvalue weighted by Crippen LogP contribution is 2.38. The van der Waals surface area contributed by atoms with Crippen LogP contribution in [0.25, 0.3) is 0 Å². The van der Waals surface area contributed by atoms with Crippen molar-refractivity contribution in [1.29, 1.82) is 0 Å². The molecule has 1 fully saturated rings. The van der Waals surface area contributed by atoms with Crippen LogP contribution in [0.3, 0.4) is 0 Å². The van der Waals surface area contributed by atoms with Crippen LogP contribution in [0.15, 0.2) is 42.6 Å². The Bertz CT molecular complexity index is 888. The summed E-state index contributed by atoms with van der Waals surface area (Å²) in [5.74, 6) is -0.137. The number of aromatic nitrogens is 1. The Balaban J connectivity index is 1.43. The minimum Gasteiger partial charge on any atom is -0.355 e. The molecular formula is C24H30N4O2. The molecule has 4 rings (SSSR count). The number of carbonyl (C=O) groups is 2. The van der Waals surface area contributed by atoms with Crippen molar-refractivity contribution in [3.63, 3.8) is 0 Å². The maximum Gasteiger partial charge on any atom is 0.260 e. The van der Waals surface area contributed by atoms with E-state index in [0.717, 1.165) is 30.9 Å². The molecular weight excluding hydrogens is 376 g/mol. The topological polar surface area (TPSA) is 65.5 Å². The molecule has 3 heterocycles. The first-order chi connectivity index (χ1) is 14.6. The molecule has 1 saturated heterocycles. The third-order valence-electron chi connectivity index (χ3n) is 6.05. The van der Waals surface area contributed by atoms with E-state index in [1.807, 2.05) is 31.2 Å². The fourth-order valence-corrected chi connectivity index (χ4v) is 4.41. The van der Waals surface area contributed by atoms with Gasteiger partial charge in [0.1, 0.15) is 0 Å². The SMILES string of the molecule is Cc1ccc(N2C(=O)c3cccnc3C2CC(=O)NCCN2CCCCCC2)cc1. The average molecular weight is 407 g/mol. The maximum absolute atomic E-state index is 13.1. The molecule has 1 atom stereocenters. The number of rotatable bonds is 6. The van der Waals surface area contributed by atoms with Gasteiger partial charge in [-0.25, -0.2) is 0 Å². The fourth-order valence-electron chi connectivity index (χ4n) is 4.41. The van der Waals surface area contributed by atoms with Gasteiger partial charge in [-0.2, -0.15) is 0 Å². The third-order valence-corrected chi connectivity index (χ3v) is 6.05. The number of aryl methyl sites for hydroxylation is 1. The molecule has 2 aromatic rings. The predicted molar refractivity (Wildman–Crippen MR) is 118 cm³/mol. The molecule has 1 unspecified atom stereocenters. The molecule has 2 aliphatic rings. The molecule has 1 N–H and O–H groups in total. The second-order valence-corrected chi connectivity index (χ2v) is 8.27. The van der Waals surface area contributed by atoms with E-state index < -0.39 is 0 Å². The monoisotopic (exact) mass is 406 g/mol. The van der Waals surface area contributed by atoms with Crippen molar-refractivity contribution < 1.29 is 9.59 Å². The van der Waals surface area contributed by atoms with E-state index in [2.05, 4.69) is 15.2 Å². The molecule has 1 aromatic heterocycles. The van der Waals surface area contributed by atoms with Gasteiger partial charge in [0.2, 0.25) is 5.91 Å². The van der Waals surface area contributed by atoms with Crippen LogP contribution in [0.5, 0.6) is 0 Å². The summed E-state index contributed by atoms with van der Waals surface area (Å²) in [5.41, 5.74) is 3.20. The number of carbonyl (C=O) groups excluding carboxylic acids is 2. The Kier molecular flexibility index (Phi) is 6.43. The van der Waals surface area contributed by atoms with E-state index in [4.69, 9.17) is 0 Å². The van der Waals surface area contributed by atoms with Gasteiger partial charge >= 0.3 is 0 Å². The van der Waals surface area contributed by atoms with E-state index in [9.17, 15) is 9.59 Å². The highest BCUT2D eigenvalue weighted by Gasteiger charge is 2.39. The number of hydrogen-bond acceptors (Lipinski definition) is 4. The third kappa shape index (κ3) is 4.54. The van der Waals surface area contributed by atoms with Crippen molar-refractivity contribution in [1.82, 2.24) is 15.2 Å². The summed E-state index contributed by atoms with van der Waals surface area (Å²) in [5, 5.41) is 3.06. The van der Waals surface area contributed by atoms with Gasteiger partial charge in [0, 0.05) is 25.0 Å². The average Bonchev–Trinajstić information content (AvgIpc) is 2.91. The van der Waals surface area contributed by atoms with Crippen molar-refractivity contribution in [2.75, 3.05) is 31.1 Å². The highest BCUT2D eigenvalue weighted by atomic mass is 16.2. The summed E-state index contributed by atoms with van der Waals surface area (Å²) >= 11 is 0. The largest absolute Gasteiger partial charge is 0.355 e. The molecule has 0 bridgehead atoms. The van der Waals surface area contributed by atoms with E-state index in [-0.39, 0.29) is 24.3 Å². The number of nitrogens with one attached hydrogen (secondary N) is 1. The number of amides is 2. The van der Waals surface area contributed by atoms with Gasteiger partial charge in [0.05, 0.1) is 23.7 Å². The lowest BCUT2D eigenvalue weighted by atomic mass is 10.1. The number of benzene rings is 1. The van der Waals surface area contributed by atoms with Crippen LogP contribution in [-0.4, -0.2) is 47.9 Å². The number of hydrogen-bond donors (Lipinski definition) is 1. The summed E-state index contributed by atoms with van der Waals surface area (Å²) in [6.07, 6.45) is 7.00. The zero-order valence-electron chi connectivity index (χ0n) is 17.6. The van der Waals surface area contributed by atoms with E-state index in [1.54, 1.807) is 23.2 Å². The van der Waals surface area contributed by atoms with E-state index >= 15 is 0 Å². The lowest BCUT2D eigenvalue weighted by molar-refractivity contribution is -0.121. The molecule has 0 aliphatic carbocycles. The molecule has 1 aromatic carbocycles. The molecule has 0 spiro atoms. The lowest BCUT2D eigenvalue weighted by Crippen LogP contribution is -2.37. The second kappa shape index (κ2) is 9.39. The first-order valence-corrected chi connectivity index (χ1v) is 11.0. The molecule has 2 amide bonds. The number of likely N-dealkylation sites (tertiary alicyclic amines) is 1. The zero-order chi connectivity index (χ0) is 20.9. The van der Waals surface area contributed by atoms with Crippen molar-refractivity contribution in [3.05, 3.63) is 59.4 Å². The zero-order valence-corrected chi connectivity index (χ0v) is 17.6. The van der Waals surface area contributed by atoms with Crippen molar-refractivity contribution >= 4 is 17.5 Å². The summed E-state index contributed by atoms with van der Waals surface area (Å²) in [6, 6.07) is 11.0. The standard InChI is InChI=1S/C24H30N4O2/c1-18-8-10-19(11-9-18)28-21(23-20(24(28)30)7-6-12-26-23)17-22(29)25-13-16-27-14-4-2-3-5-15-27/h6-12,21H,2-5,13-17H2,1H3,(H,25,29). The van der Waals surface area contributed by atoms with Gasteiger partial charge in [-0.1, -0.05) is 30.5 Å². The van der Waals surface area contributed by atoms with Crippen molar-refractivity contribution in [3.8, 4) is 0 Å². The van der Waals surface area contributed by atoms with Crippen LogP contribution in [0, 0.1) is 6.92 Å². The minimum atomic E-state index is -0.380. The van der Waals surface area contributed by atoms with Gasteiger partial charge in [0.25, 0.3) is 5.91 Å². The second-order valence-electron chi connectivity index (χ2n) is 8.27. The molecule has 30 heavy (non-hydrogen) atoms. The summed E-state index contributed by atoms with van der Waals surface area (Å²) in [7, 11) is 0. The first kappa shape index (κ1) is 20.5. The van der Waals surface area contributed by atoms with Crippen LogP contribution in [0.1, 0.15) is 59.8 Å². The molecule has 2 aliphatic heterocycles. The maximum atomic E-state index is 13.1. The van der Waals surface area contributed by atoms with Crippen LogP contribution in [-0.2, 0) is 4.79 Å². The van der Waals surface area contributed by atoms with Crippen LogP contribution in [0.2, 0.25) is 0 Å². The number of nitrogens with zero attached hydrogens (tertiary/aromatic N) is 3. The molecule has 0 saturated carbocycles. The highest BCUT2D eigenvalue weighted by molar-refractivity contribution is 6.11. The lowest BCUT2D eigenvalue weighted by Gasteiger charge is -2.25. The minimum absolute atomic E-state index is 0.0433. The summed E-state index contributed by atoms with van der Waals surface area (Å²) in [6.45, 7) is 5.77. The first-order valence-electron chi connectivity index (χ1n) is 11.0. The van der Waals surface area contributed by atoms with Crippen LogP contribution < -0.4 is 10.2 Å².